The van der Waals surface area contributed by atoms with Gasteiger partial charge in [-0.05, 0) is 67.3 Å². The van der Waals surface area contributed by atoms with E-state index in [1.807, 2.05) is 54.6 Å². The molecule has 0 bridgehead atoms. The van der Waals surface area contributed by atoms with E-state index in [9.17, 15) is 9.59 Å². The molecule has 0 atom stereocenters. The number of benzene rings is 3. The van der Waals surface area contributed by atoms with E-state index in [2.05, 4.69) is 5.32 Å². The molecule has 1 saturated carbocycles. The fraction of sp³-hybridized carbons (Fsp3) is 0.200. The molecule has 1 fully saturated rings. The van der Waals surface area contributed by atoms with Crippen LogP contribution in [0.15, 0.2) is 78.9 Å². The molecule has 5 heteroatoms. The molecule has 150 valence electrons. The van der Waals surface area contributed by atoms with Gasteiger partial charge in [-0.3, -0.25) is 9.59 Å². The summed E-state index contributed by atoms with van der Waals surface area (Å²) in [6.45, 7) is 0.638. The Morgan fingerprint density at radius 3 is 2.23 bits per heavy atom. The number of nitrogens with one attached hydrogen (secondary N) is 1. The van der Waals surface area contributed by atoms with Crippen LogP contribution in [0.4, 0.5) is 11.4 Å². The Hall–Kier alpha value is -3.60. The molecule has 0 radical (unpaired) electrons. The highest BCUT2D eigenvalue weighted by molar-refractivity contribution is 6.18. The second-order valence-corrected chi connectivity index (χ2v) is 7.81. The normalized spacial score (nSPS) is 15.9. The van der Waals surface area contributed by atoms with Gasteiger partial charge in [-0.2, -0.15) is 0 Å². The lowest BCUT2D eigenvalue weighted by atomic mass is 10.0. The summed E-state index contributed by atoms with van der Waals surface area (Å²) in [6.07, 6.45) is 2.01. The van der Waals surface area contributed by atoms with Crippen LogP contribution >= 0.6 is 0 Å². The first-order valence-electron chi connectivity index (χ1n) is 10.2. The number of hydrogen-bond donors (Lipinski definition) is 1. The maximum Gasteiger partial charge on any atom is 0.242 e. The van der Waals surface area contributed by atoms with Crippen LogP contribution in [0.1, 0.15) is 18.4 Å². The number of rotatable bonds is 5. The topological polar surface area (TPSA) is 58.6 Å². The highest BCUT2D eigenvalue weighted by atomic mass is 16.5. The van der Waals surface area contributed by atoms with Gasteiger partial charge >= 0.3 is 0 Å². The van der Waals surface area contributed by atoms with Gasteiger partial charge in [0.2, 0.25) is 11.8 Å². The Kier molecular flexibility index (Phi) is 4.51. The largest absolute Gasteiger partial charge is 0.457 e. The van der Waals surface area contributed by atoms with Crippen LogP contribution in [-0.4, -0.2) is 18.4 Å². The van der Waals surface area contributed by atoms with E-state index in [1.54, 1.807) is 29.2 Å². The van der Waals surface area contributed by atoms with Crippen LogP contribution in [-0.2, 0) is 16.0 Å². The SMILES string of the molecule is O=C(Nc1ccc(Oc2ccccc2)cc1)C1(C(=O)N2CCc3ccccc32)CC1. The van der Waals surface area contributed by atoms with Gasteiger partial charge in [-0.1, -0.05) is 36.4 Å². The quantitative estimate of drug-likeness (QED) is 0.629. The number of fused-ring (bicyclic) bond motifs is 1. The predicted octanol–water partition coefficient (Wildman–Crippen LogP) is 4.79. The third-order valence-corrected chi connectivity index (χ3v) is 5.82. The minimum atomic E-state index is -0.948. The molecule has 3 aromatic rings. The Balaban J connectivity index is 1.27. The zero-order valence-electron chi connectivity index (χ0n) is 16.5. The van der Waals surface area contributed by atoms with Crippen LogP contribution in [0.2, 0.25) is 0 Å². The number of hydrogen-bond acceptors (Lipinski definition) is 3. The molecule has 1 N–H and O–H groups in total. The summed E-state index contributed by atoms with van der Waals surface area (Å²) < 4.78 is 5.78. The molecule has 0 unspecified atom stereocenters. The summed E-state index contributed by atoms with van der Waals surface area (Å²) in [5.74, 6) is 1.12. The fourth-order valence-corrected chi connectivity index (χ4v) is 3.95. The average Bonchev–Trinajstić information content (AvgIpc) is 3.49. The third-order valence-electron chi connectivity index (χ3n) is 5.82. The molecular weight excluding hydrogens is 376 g/mol. The van der Waals surface area contributed by atoms with Crippen molar-refractivity contribution < 1.29 is 14.3 Å². The van der Waals surface area contributed by atoms with Gasteiger partial charge in [0, 0.05) is 17.9 Å². The zero-order valence-corrected chi connectivity index (χ0v) is 16.5. The molecule has 2 amide bonds. The number of amides is 2. The number of nitrogens with zero attached hydrogens (tertiary/aromatic N) is 1. The highest BCUT2D eigenvalue weighted by Gasteiger charge is 2.58. The zero-order chi connectivity index (χ0) is 20.6. The minimum Gasteiger partial charge on any atom is -0.457 e. The smallest absolute Gasteiger partial charge is 0.242 e. The number of para-hydroxylation sites is 2. The van der Waals surface area contributed by atoms with Gasteiger partial charge in [-0.25, -0.2) is 0 Å². The molecule has 30 heavy (non-hydrogen) atoms. The van der Waals surface area contributed by atoms with Crippen molar-refractivity contribution >= 4 is 23.2 Å². The van der Waals surface area contributed by atoms with Crippen molar-refractivity contribution in [3.63, 3.8) is 0 Å². The molecule has 2 aliphatic rings. The van der Waals surface area contributed by atoms with Gasteiger partial charge in [0.1, 0.15) is 16.9 Å². The molecule has 0 aromatic heterocycles. The second kappa shape index (κ2) is 7.34. The van der Waals surface area contributed by atoms with E-state index in [0.717, 1.165) is 23.4 Å². The predicted molar refractivity (Wildman–Crippen MR) is 116 cm³/mol. The fourth-order valence-electron chi connectivity index (χ4n) is 3.95. The molecule has 0 spiro atoms. The van der Waals surface area contributed by atoms with Crippen molar-refractivity contribution in [2.24, 2.45) is 5.41 Å². The summed E-state index contributed by atoms with van der Waals surface area (Å²) in [4.78, 5) is 28.0. The summed E-state index contributed by atoms with van der Waals surface area (Å²) in [5.41, 5.74) is 1.80. The Morgan fingerprint density at radius 2 is 1.50 bits per heavy atom. The van der Waals surface area contributed by atoms with Crippen LogP contribution < -0.4 is 15.0 Å². The van der Waals surface area contributed by atoms with E-state index in [0.29, 0.717) is 30.8 Å². The van der Waals surface area contributed by atoms with Crippen molar-refractivity contribution in [3.8, 4) is 11.5 Å². The lowest BCUT2D eigenvalue weighted by Gasteiger charge is -2.23. The summed E-state index contributed by atoms with van der Waals surface area (Å²) in [5, 5.41) is 2.92. The third kappa shape index (κ3) is 3.32. The van der Waals surface area contributed by atoms with Crippen LogP contribution in [0, 0.1) is 5.41 Å². The molecule has 1 aliphatic carbocycles. The maximum absolute atomic E-state index is 13.2. The van der Waals surface area contributed by atoms with E-state index in [1.165, 1.54) is 0 Å². The van der Waals surface area contributed by atoms with Gasteiger partial charge in [0.05, 0.1) is 0 Å². The van der Waals surface area contributed by atoms with Gasteiger partial charge in [-0.15, -0.1) is 0 Å². The lowest BCUT2D eigenvalue weighted by Crippen LogP contribution is -2.42. The Labute approximate surface area is 175 Å². The molecule has 5 nitrogen and oxygen atoms in total. The van der Waals surface area contributed by atoms with Crippen molar-refractivity contribution in [2.45, 2.75) is 19.3 Å². The van der Waals surface area contributed by atoms with E-state index >= 15 is 0 Å². The van der Waals surface area contributed by atoms with Crippen LogP contribution in [0.25, 0.3) is 0 Å². The molecule has 0 saturated heterocycles. The van der Waals surface area contributed by atoms with Crippen molar-refractivity contribution in [2.75, 3.05) is 16.8 Å². The summed E-state index contributed by atoms with van der Waals surface area (Å²) in [6, 6.07) is 24.6. The van der Waals surface area contributed by atoms with E-state index < -0.39 is 5.41 Å². The number of carbonyl (C=O) groups excluding carboxylic acids is 2. The van der Waals surface area contributed by atoms with Gasteiger partial charge in [0.15, 0.2) is 0 Å². The molecule has 3 aromatic carbocycles. The first-order valence-corrected chi connectivity index (χ1v) is 10.2. The van der Waals surface area contributed by atoms with Gasteiger partial charge < -0.3 is 15.0 Å². The minimum absolute atomic E-state index is 0.0889. The standard InChI is InChI=1S/C25H22N2O3/c28-23(26-19-10-12-21(13-11-19)30-20-7-2-1-3-8-20)25(15-16-25)24(29)27-17-14-18-6-4-5-9-22(18)27/h1-13H,14-17H2,(H,26,28). The van der Waals surface area contributed by atoms with Crippen molar-refractivity contribution in [3.05, 3.63) is 84.4 Å². The monoisotopic (exact) mass is 398 g/mol. The average molecular weight is 398 g/mol. The first kappa shape index (κ1) is 18.4. The molecule has 5 rings (SSSR count). The van der Waals surface area contributed by atoms with Crippen LogP contribution in [0.5, 0.6) is 11.5 Å². The van der Waals surface area contributed by atoms with E-state index in [-0.39, 0.29) is 11.8 Å². The first-order chi connectivity index (χ1) is 14.7. The Bertz CT molecular complexity index is 1090. The van der Waals surface area contributed by atoms with Crippen LogP contribution in [0.3, 0.4) is 0 Å². The number of carbonyl (C=O) groups is 2. The molecule has 1 aliphatic heterocycles. The van der Waals surface area contributed by atoms with Crippen molar-refractivity contribution in [1.29, 1.82) is 0 Å². The molecule has 1 heterocycles. The summed E-state index contributed by atoms with van der Waals surface area (Å²) in [7, 11) is 0. The molecular formula is C25H22N2O3. The lowest BCUT2D eigenvalue weighted by molar-refractivity contribution is -0.132. The number of ether oxygens (including phenoxy) is 1. The second-order valence-electron chi connectivity index (χ2n) is 7.81. The highest BCUT2D eigenvalue weighted by Crippen LogP contribution is 2.49. The van der Waals surface area contributed by atoms with Crippen molar-refractivity contribution in [1.82, 2.24) is 0 Å². The maximum atomic E-state index is 13.2. The van der Waals surface area contributed by atoms with E-state index in [4.69, 9.17) is 4.74 Å². The Morgan fingerprint density at radius 1 is 0.833 bits per heavy atom. The van der Waals surface area contributed by atoms with Gasteiger partial charge in [0.25, 0.3) is 0 Å². The number of anilines is 2. The summed E-state index contributed by atoms with van der Waals surface area (Å²) >= 11 is 0.